The van der Waals surface area contributed by atoms with Gasteiger partial charge >= 0.3 is 5.97 Å². The van der Waals surface area contributed by atoms with Crippen molar-refractivity contribution in [2.24, 2.45) is 17.4 Å². The summed E-state index contributed by atoms with van der Waals surface area (Å²) in [5.41, 5.74) is 10.9. The van der Waals surface area contributed by atoms with E-state index in [2.05, 4.69) is 28.6 Å². The Morgan fingerprint density at radius 3 is 2.06 bits per heavy atom. The second-order valence-corrected chi connectivity index (χ2v) is 8.76. The Morgan fingerprint density at radius 1 is 1.00 bits per heavy atom. The molecule has 0 bridgehead atoms. The van der Waals surface area contributed by atoms with Crippen LogP contribution in [0.1, 0.15) is 39.5 Å². The summed E-state index contributed by atoms with van der Waals surface area (Å²) in [4.78, 5) is 60.1. The summed E-state index contributed by atoms with van der Waals surface area (Å²) < 4.78 is 0. The van der Waals surface area contributed by atoms with Crippen molar-refractivity contribution in [1.29, 1.82) is 0 Å². The lowest BCUT2D eigenvalue weighted by molar-refractivity contribution is -0.141. The first-order valence-electron chi connectivity index (χ1n) is 10.3. The van der Waals surface area contributed by atoms with Crippen LogP contribution in [0.4, 0.5) is 0 Å². The summed E-state index contributed by atoms with van der Waals surface area (Å²) in [5, 5.41) is 16.7. The third-order valence-corrected chi connectivity index (χ3v) is 5.88. The number of thiol groups is 1. The Bertz CT molecular complexity index is 666. The highest BCUT2D eigenvalue weighted by molar-refractivity contribution is 7.98. The zero-order chi connectivity index (χ0) is 24.8. The predicted octanol–water partition coefficient (Wildman–Crippen LogP) is -1.15. The zero-order valence-electron chi connectivity index (χ0n) is 18.6. The lowest BCUT2D eigenvalue weighted by atomic mass is 9.97. The molecule has 0 aromatic heterocycles. The van der Waals surface area contributed by atoms with Crippen LogP contribution in [0.25, 0.3) is 0 Å². The summed E-state index contributed by atoms with van der Waals surface area (Å²) in [5.74, 6) is -3.54. The molecule has 0 aliphatic carbocycles. The lowest BCUT2D eigenvalue weighted by Gasteiger charge is -2.27. The van der Waals surface area contributed by atoms with Crippen LogP contribution in [0.5, 0.6) is 0 Å². The highest BCUT2D eigenvalue weighted by Crippen LogP contribution is 2.11. The number of nitrogens with one attached hydrogen (secondary N) is 3. The van der Waals surface area contributed by atoms with Gasteiger partial charge in [0.25, 0.3) is 0 Å². The molecule has 0 fully saturated rings. The van der Waals surface area contributed by atoms with Crippen molar-refractivity contribution in [3.63, 3.8) is 0 Å². The number of hydrogen-bond acceptors (Lipinski definition) is 8. The summed E-state index contributed by atoms with van der Waals surface area (Å²) in [7, 11) is 0. The normalized spacial score (nSPS) is 15.5. The van der Waals surface area contributed by atoms with E-state index in [1.54, 1.807) is 6.92 Å². The first-order chi connectivity index (χ1) is 15.0. The standard InChI is InChI=1S/C19H35N5O6S2/c1-4-10(2)15(24-16(26)11(20)5-6-14(21)25)18(28)22-12(7-8-32-3)17(27)23-13(9-31)19(29)30/h10-13,15,31H,4-9,20H2,1-3H3,(H2,21,25)(H,22,28)(H,23,27)(H,24,26)(H,29,30). The van der Waals surface area contributed by atoms with E-state index in [0.717, 1.165) is 0 Å². The Balaban J connectivity index is 5.39. The van der Waals surface area contributed by atoms with Crippen LogP contribution in [0.3, 0.4) is 0 Å². The molecular weight excluding hydrogens is 458 g/mol. The minimum atomic E-state index is -1.24. The summed E-state index contributed by atoms with van der Waals surface area (Å²) >= 11 is 5.38. The Labute approximate surface area is 198 Å². The summed E-state index contributed by atoms with van der Waals surface area (Å²) in [6.07, 6.45) is 2.62. The number of rotatable bonds is 16. The monoisotopic (exact) mass is 493 g/mol. The van der Waals surface area contributed by atoms with Crippen molar-refractivity contribution in [1.82, 2.24) is 16.0 Å². The van der Waals surface area contributed by atoms with Crippen molar-refractivity contribution < 1.29 is 29.1 Å². The van der Waals surface area contributed by atoms with E-state index in [-0.39, 0.29) is 30.9 Å². The van der Waals surface area contributed by atoms with E-state index in [1.807, 2.05) is 13.2 Å². The van der Waals surface area contributed by atoms with Gasteiger partial charge in [-0.25, -0.2) is 4.79 Å². The van der Waals surface area contributed by atoms with Gasteiger partial charge in [-0.1, -0.05) is 20.3 Å². The molecule has 0 spiro atoms. The molecule has 0 radical (unpaired) electrons. The fraction of sp³-hybridized carbons (Fsp3) is 0.737. The van der Waals surface area contributed by atoms with E-state index in [0.29, 0.717) is 12.2 Å². The molecule has 0 rings (SSSR count). The average molecular weight is 494 g/mol. The van der Waals surface area contributed by atoms with Crippen LogP contribution in [-0.2, 0) is 24.0 Å². The summed E-state index contributed by atoms with van der Waals surface area (Å²) in [6, 6.07) is -4.20. The van der Waals surface area contributed by atoms with Crippen molar-refractivity contribution >= 4 is 54.0 Å². The van der Waals surface area contributed by atoms with Gasteiger partial charge in [0.15, 0.2) is 0 Å². The average Bonchev–Trinajstić information content (AvgIpc) is 2.75. The Hall–Kier alpha value is -1.99. The van der Waals surface area contributed by atoms with Crippen LogP contribution < -0.4 is 27.4 Å². The van der Waals surface area contributed by atoms with Crippen LogP contribution >= 0.6 is 24.4 Å². The predicted molar refractivity (Wildman–Crippen MR) is 126 cm³/mol. The minimum absolute atomic E-state index is 0.0368. The third-order valence-electron chi connectivity index (χ3n) is 4.87. The number of aliphatic carboxylic acids is 1. The molecule has 8 N–H and O–H groups in total. The molecule has 184 valence electrons. The van der Waals surface area contributed by atoms with E-state index in [1.165, 1.54) is 11.8 Å². The second kappa shape index (κ2) is 15.8. The number of carbonyl (C=O) groups excluding carboxylic acids is 4. The number of thioether (sulfide) groups is 1. The van der Waals surface area contributed by atoms with E-state index < -0.39 is 53.8 Å². The maximum atomic E-state index is 13.0. The van der Waals surface area contributed by atoms with Gasteiger partial charge in [-0.2, -0.15) is 24.4 Å². The highest BCUT2D eigenvalue weighted by Gasteiger charge is 2.32. The number of hydrogen-bond donors (Lipinski definition) is 7. The maximum Gasteiger partial charge on any atom is 0.327 e. The maximum absolute atomic E-state index is 13.0. The lowest BCUT2D eigenvalue weighted by Crippen LogP contribution is -2.58. The SMILES string of the molecule is CCC(C)C(NC(=O)C(N)CCC(N)=O)C(=O)NC(CCSC)C(=O)NC(CS)C(=O)O. The quantitative estimate of drug-likeness (QED) is 0.131. The van der Waals surface area contributed by atoms with Gasteiger partial charge in [-0.05, 0) is 30.8 Å². The first-order valence-corrected chi connectivity index (χ1v) is 12.3. The largest absolute Gasteiger partial charge is 0.480 e. The fourth-order valence-electron chi connectivity index (χ4n) is 2.61. The smallest absolute Gasteiger partial charge is 0.327 e. The number of carboxylic acids is 1. The van der Waals surface area contributed by atoms with Crippen LogP contribution in [-0.4, -0.2) is 76.6 Å². The van der Waals surface area contributed by atoms with Crippen LogP contribution in [0.15, 0.2) is 0 Å². The molecular formula is C19H35N5O6S2. The summed E-state index contributed by atoms with van der Waals surface area (Å²) in [6.45, 7) is 3.60. The molecule has 0 saturated carbocycles. The van der Waals surface area contributed by atoms with E-state index >= 15 is 0 Å². The zero-order valence-corrected chi connectivity index (χ0v) is 20.3. The second-order valence-electron chi connectivity index (χ2n) is 7.41. The molecule has 4 amide bonds. The molecule has 13 heteroatoms. The Kier molecular flexibility index (Phi) is 14.8. The van der Waals surface area contributed by atoms with Crippen molar-refractivity contribution in [3.8, 4) is 0 Å². The molecule has 0 heterocycles. The molecule has 0 aliphatic rings. The molecule has 5 atom stereocenters. The van der Waals surface area contributed by atoms with Crippen LogP contribution in [0.2, 0.25) is 0 Å². The molecule has 32 heavy (non-hydrogen) atoms. The highest BCUT2D eigenvalue weighted by atomic mass is 32.2. The van der Waals surface area contributed by atoms with Gasteiger partial charge in [0, 0.05) is 12.2 Å². The van der Waals surface area contributed by atoms with Gasteiger partial charge in [0.1, 0.15) is 18.1 Å². The van der Waals surface area contributed by atoms with Crippen molar-refractivity contribution in [2.75, 3.05) is 17.8 Å². The Morgan fingerprint density at radius 2 is 1.59 bits per heavy atom. The van der Waals surface area contributed by atoms with Gasteiger partial charge in [-0.15, -0.1) is 0 Å². The van der Waals surface area contributed by atoms with Crippen molar-refractivity contribution in [3.05, 3.63) is 0 Å². The minimum Gasteiger partial charge on any atom is -0.480 e. The van der Waals surface area contributed by atoms with Gasteiger partial charge in [0.2, 0.25) is 23.6 Å². The molecule has 0 aromatic carbocycles. The van der Waals surface area contributed by atoms with Gasteiger partial charge in [0.05, 0.1) is 6.04 Å². The van der Waals surface area contributed by atoms with Crippen molar-refractivity contribution in [2.45, 2.75) is 63.7 Å². The fourth-order valence-corrected chi connectivity index (χ4v) is 3.33. The number of nitrogens with two attached hydrogens (primary N) is 2. The molecule has 0 aromatic rings. The molecule has 11 nitrogen and oxygen atoms in total. The number of amides is 4. The number of primary amides is 1. The van der Waals surface area contributed by atoms with Gasteiger partial charge in [-0.3, -0.25) is 19.2 Å². The third kappa shape index (κ3) is 11.0. The molecule has 0 saturated heterocycles. The van der Waals surface area contributed by atoms with Crippen LogP contribution in [0, 0.1) is 5.92 Å². The number of carbonyl (C=O) groups is 5. The van der Waals surface area contributed by atoms with E-state index in [9.17, 15) is 24.0 Å². The topological polar surface area (TPSA) is 194 Å². The first kappa shape index (κ1) is 30.0. The molecule has 5 unspecified atom stereocenters. The van der Waals surface area contributed by atoms with Gasteiger partial charge < -0.3 is 32.5 Å². The molecule has 0 aliphatic heterocycles. The number of carboxylic acid groups (broad SMARTS) is 1. The van der Waals surface area contributed by atoms with E-state index in [4.69, 9.17) is 16.6 Å².